The first kappa shape index (κ1) is 9.19. The fourth-order valence-electron chi connectivity index (χ4n) is 2.00. The van der Waals surface area contributed by atoms with E-state index in [0.29, 0.717) is 12.0 Å². The average molecular weight is 194 g/mol. The van der Waals surface area contributed by atoms with Gasteiger partial charge in [-0.15, -0.1) is 0 Å². The maximum absolute atomic E-state index is 13.5. The number of aromatic carboxylic acids is 1. The summed E-state index contributed by atoms with van der Waals surface area (Å²) in [5, 5.41) is 8.89. The summed E-state index contributed by atoms with van der Waals surface area (Å²) in [6.45, 7) is 0. The predicted molar refractivity (Wildman–Crippen MR) is 50.2 cm³/mol. The molecule has 1 N–H and O–H groups in total. The number of benzene rings is 1. The fraction of sp³-hybridized carbons (Fsp3) is 0.364. The molecule has 14 heavy (non-hydrogen) atoms. The molecule has 0 bridgehead atoms. The Labute approximate surface area is 81.4 Å². The predicted octanol–water partition coefficient (Wildman–Crippen LogP) is 2.73. The minimum atomic E-state index is -1.11. The van der Waals surface area contributed by atoms with Gasteiger partial charge in [0.05, 0.1) is 5.56 Å². The van der Waals surface area contributed by atoms with Crippen molar-refractivity contribution < 1.29 is 14.3 Å². The third kappa shape index (κ3) is 1.39. The zero-order chi connectivity index (χ0) is 10.1. The highest BCUT2D eigenvalue weighted by atomic mass is 19.1. The van der Waals surface area contributed by atoms with Crippen LogP contribution >= 0.6 is 0 Å². The Hall–Kier alpha value is -1.38. The van der Waals surface area contributed by atoms with Crippen molar-refractivity contribution in [1.82, 2.24) is 0 Å². The number of fused-ring (bicyclic) bond motifs is 1. The van der Waals surface area contributed by atoms with Crippen LogP contribution in [-0.4, -0.2) is 11.1 Å². The molecule has 74 valence electrons. The zero-order valence-corrected chi connectivity index (χ0v) is 7.66. The first-order valence-corrected chi connectivity index (χ1v) is 4.69. The van der Waals surface area contributed by atoms with Gasteiger partial charge in [0.15, 0.2) is 0 Å². The van der Waals surface area contributed by atoms with Crippen molar-refractivity contribution in [2.24, 2.45) is 0 Å². The zero-order valence-electron chi connectivity index (χ0n) is 7.66. The second kappa shape index (κ2) is 3.40. The SMILES string of the molecule is O=C(O)c1cccc2c1C(F)CCC2. The molecule has 1 aromatic carbocycles. The number of carboxylic acids is 1. The van der Waals surface area contributed by atoms with Crippen molar-refractivity contribution in [3.8, 4) is 0 Å². The third-order valence-electron chi connectivity index (χ3n) is 2.64. The molecular weight excluding hydrogens is 183 g/mol. The summed E-state index contributed by atoms with van der Waals surface area (Å²) in [7, 11) is 0. The lowest BCUT2D eigenvalue weighted by Gasteiger charge is -2.21. The molecule has 0 amide bonds. The highest BCUT2D eigenvalue weighted by Gasteiger charge is 2.24. The van der Waals surface area contributed by atoms with E-state index in [0.717, 1.165) is 18.4 Å². The molecule has 0 radical (unpaired) electrons. The van der Waals surface area contributed by atoms with E-state index in [2.05, 4.69) is 0 Å². The Bertz CT molecular complexity index is 374. The van der Waals surface area contributed by atoms with Crippen LogP contribution < -0.4 is 0 Å². The molecule has 1 aromatic rings. The first-order valence-electron chi connectivity index (χ1n) is 4.69. The smallest absolute Gasteiger partial charge is 0.336 e. The number of hydrogen-bond acceptors (Lipinski definition) is 1. The Morgan fingerprint density at radius 2 is 2.29 bits per heavy atom. The van der Waals surface area contributed by atoms with Crippen molar-refractivity contribution in [2.45, 2.75) is 25.4 Å². The minimum Gasteiger partial charge on any atom is -0.478 e. The maximum atomic E-state index is 13.5. The third-order valence-corrected chi connectivity index (χ3v) is 2.64. The molecule has 3 heteroatoms. The molecule has 0 saturated carbocycles. The van der Waals surface area contributed by atoms with E-state index < -0.39 is 12.1 Å². The van der Waals surface area contributed by atoms with E-state index in [1.807, 2.05) is 6.07 Å². The minimum absolute atomic E-state index is 0.120. The number of aryl methyl sites for hydroxylation is 1. The summed E-state index contributed by atoms with van der Waals surface area (Å²) in [6.07, 6.45) is 0.928. The van der Waals surface area contributed by atoms with Crippen molar-refractivity contribution in [1.29, 1.82) is 0 Å². The van der Waals surface area contributed by atoms with Crippen LogP contribution in [0.4, 0.5) is 4.39 Å². The molecule has 0 spiro atoms. The lowest BCUT2D eigenvalue weighted by atomic mass is 9.87. The number of carboxylic acid groups (broad SMARTS) is 1. The van der Waals surface area contributed by atoms with E-state index in [-0.39, 0.29) is 5.56 Å². The molecule has 1 unspecified atom stereocenters. The maximum Gasteiger partial charge on any atom is 0.336 e. The quantitative estimate of drug-likeness (QED) is 0.746. The van der Waals surface area contributed by atoms with Gasteiger partial charge in [-0.3, -0.25) is 0 Å². The van der Waals surface area contributed by atoms with E-state index in [4.69, 9.17) is 5.11 Å². The van der Waals surface area contributed by atoms with Gasteiger partial charge in [0.25, 0.3) is 0 Å². The molecule has 2 rings (SSSR count). The van der Waals surface area contributed by atoms with Crippen LogP contribution in [-0.2, 0) is 6.42 Å². The van der Waals surface area contributed by atoms with Crippen LogP contribution in [0, 0.1) is 0 Å². The molecule has 0 fully saturated rings. The van der Waals surface area contributed by atoms with Crippen molar-refractivity contribution in [3.63, 3.8) is 0 Å². The van der Waals surface area contributed by atoms with Gasteiger partial charge in [-0.25, -0.2) is 9.18 Å². The highest BCUT2D eigenvalue weighted by Crippen LogP contribution is 2.34. The molecule has 1 aliphatic carbocycles. The lowest BCUT2D eigenvalue weighted by Crippen LogP contribution is -2.12. The number of alkyl halides is 1. The summed E-state index contributed by atoms with van der Waals surface area (Å²) >= 11 is 0. The Morgan fingerprint density at radius 1 is 1.50 bits per heavy atom. The van der Waals surface area contributed by atoms with Gasteiger partial charge in [-0.05, 0) is 30.9 Å². The largest absolute Gasteiger partial charge is 0.478 e. The van der Waals surface area contributed by atoms with E-state index in [9.17, 15) is 9.18 Å². The fourth-order valence-corrected chi connectivity index (χ4v) is 2.00. The number of rotatable bonds is 1. The van der Waals surface area contributed by atoms with Gasteiger partial charge < -0.3 is 5.11 Å². The lowest BCUT2D eigenvalue weighted by molar-refractivity contribution is 0.0692. The van der Waals surface area contributed by atoms with Crippen LogP contribution in [0.25, 0.3) is 0 Å². The first-order chi connectivity index (χ1) is 6.70. The van der Waals surface area contributed by atoms with E-state index in [1.165, 1.54) is 6.07 Å². The molecule has 1 aliphatic rings. The second-order valence-electron chi connectivity index (χ2n) is 3.54. The van der Waals surface area contributed by atoms with Crippen LogP contribution in [0.5, 0.6) is 0 Å². The number of hydrogen-bond donors (Lipinski definition) is 1. The van der Waals surface area contributed by atoms with Crippen LogP contribution in [0.2, 0.25) is 0 Å². The van der Waals surface area contributed by atoms with Crippen LogP contribution in [0.1, 0.15) is 40.5 Å². The van der Waals surface area contributed by atoms with Crippen molar-refractivity contribution in [3.05, 3.63) is 34.9 Å². The summed E-state index contributed by atoms with van der Waals surface area (Å²) in [5.74, 6) is -1.04. The monoisotopic (exact) mass is 194 g/mol. The summed E-state index contributed by atoms with van der Waals surface area (Å²) in [4.78, 5) is 10.9. The van der Waals surface area contributed by atoms with E-state index >= 15 is 0 Å². The molecule has 0 aromatic heterocycles. The topological polar surface area (TPSA) is 37.3 Å². The highest BCUT2D eigenvalue weighted by molar-refractivity contribution is 5.90. The van der Waals surface area contributed by atoms with Gasteiger partial charge in [-0.1, -0.05) is 12.1 Å². The molecule has 0 saturated heterocycles. The Balaban J connectivity index is 2.57. The standard InChI is InChI=1S/C11H11FO2/c12-9-6-2-4-7-3-1-5-8(10(7)9)11(13)14/h1,3,5,9H,2,4,6H2,(H,13,14). The number of halogens is 1. The average Bonchev–Trinajstić information content (AvgIpc) is 2.17. The molecule has 0 aliphatic heterocycles. The van der Waals surface area contributed by atoms with Crippen LogP contribution in [0.3, 0.4) is 0 Å². The molecule has 0 heterocycles. The summed E-state index contributed by atoms with van der Waals surface area (Å²) in [5.41, 5.74) is 1.37. The Kier molecular flexibility index (Phi) is 2.23. The molecule has 2 nitrogen and oxygen atoms in total. The summed E-state index contributed by atoms with van der Waals surface area (Å²) < 4.78 is 13.5. The Morgan fingerprint density at radius 3 is 3.00 bits per heavy atom. The van der Waals surface area contributed by atoms with Crippen molar-refractivity contribution in [2.75, 3.05) is 0 Å². The summed E-state index contributed by atoms with van der Waals surface area (Å²) in [6, 6.07) is 4.97. The van der Waals surface area contributed by atoms with Gasteiger partial charge >= 0.3 is 5.97 Å². The second-order valence-corrected chi connectivity index (χ2v) is 3.54. The van der Waals surface area contributed by atoms with Gasteiger partial charge in [0.1, 0.15) is 6.17 Å². The van der Waals surface area contributed by atoms with Gasteiger partial charge in [-0.2, -0.15) is 0 Å². The van der Waals surface area contributed by atoms with Gasteiger partial charge in [0, 0.05) is 5.56 Å². The van der Waals surface area contributed by atoms with Crippen LogP contribution in [0.15, 0.2) is 18.2 Å². The van der Waals surface area contributed by atoms with Gasteiger partial charge in [0.2, 0.25) is 0 Å². The van der Waals surface area contributed by atoms with Crippen molar-refractivity contribution >= 4 is 5.97 Å². The molecular formula is C11H11FO2. The van der Waals surface area contributed by atoms with E-state index in [1.54, 1.807) is 6.07 Å². The normalized spacial score (nSPS) is 20.2. The molecule has 1 atom stereocenters. The number of carbonyl (C=O) groups is 1.